The molecule has 0 unspecified atom stereocenters. The molecule has 0 aliphatic carbocycles. The summed E-state index contributed by atoms with van der Waals surface area (Å²) in [5.74, 6) is 0.843. The van der Waals surface area contributed by atoms with Gasteiger partial charge in [0.15, 0.2) is 0 Å². The molecule has 0 amide bonds. The molecule has 0 atom stereocenters. The number of hydrogen-bond donors (Lipinski definition) is 0. The highest BCUT2D eigenvalue weighted by molar-refractivity contribution is 5.80. The predicted octanol–water partition coefficient (Wildman–Crippen LogP) is 1.56. The molecule has 1 aromatic carbocycles. The average Bonchev–Trinajstić information content (AvgIpc) is 2.80. The zero-order chi connectivity index (χ0) is 11.2. The largest absolute Gasteiger partial charge is 0.494 e. The first-order valence-electron chi connectivity index (χ1n) is 5.00. The lowest BCUT2D eigenvalue weighted by molar-refractivity contribution is 0.340. The summed E-state index contributed by atoms with van der Waals surface area (Å²) in [5, 5.41) is 11.5. The fourth-order valence-corrected chi connectivity index (χ4v) is 1.24. The molecule has 0 spiro atoms. The topological polar surface area (TPSA) is 52.3 Å². The van der Waals surface area contributed by atoms with Crippen molar-refractivity contribution in [1.29, 1.82) is 0 Å². The third-order valence-corrected chi connectivity index (χ3v) is 1.92. The monoisotopic (exact) mass is 216 g/mol. The van der Waals surface area contributed by atoms with E-state index in [1.807, 2.05) is 31.2 Å². The average molecular weight is 216 g/mol. The van der Waals surface area contributed by atoms with Crippen molar-refractivity contribution in [3.05, 3.63) is 42.5 Å². The van der Waals surface area contributed by atoms with Gasteiger partial charge in [0.2, 0.25) is 0 Å². The Morgan fingerprint density at radius 3 is 2.94 bits per heavy atom. The first-order valence-corrected chi connectivity index (χ1v) is 5.00. The van der Waals surface area contributed by atoms with E-state index in [1.165, 1.54) is 17.3 Å². The van der Waals surface area contributed by atoms with Gasteiger partial charge in [-0.1, -0.05) is 12.1 Å². The molecule has 0 N–H and O–H groups in total. The summed E-state index contributed by atoms with van der Waals surface area (Å²) < 4.78 is 6.93. The molecule has 0 bridgehead atoms. The van der Waals surface area contributed by atoms with Gasteiger partial charge in [-0.2, -0.15) is 5.10 Å². The van der Waals surface area contributed by atoms with Crippen molar-refractivity contribution in [1.82, 2.24) is 14.9 Å². The van der Waals surface area contributed by atoms with Crippen LogP contribution in [0.15, 0.2) is 42.0 Å². The van der Waals surface area contributed by atoms with Gasteiger partial charge in [-0.15, -0.1) is 10.2 Å². The number of hydrogen-bond acceptors (Lipinski definition) is 4. The molecule has 2 rings (SSSR count). The van der Waals surface area contributed by atoms with Crippen molar-refractivity contribution in [2.75, 3.05) is 6.61 Å². The fourth-order valence-electron chi connectivity index (χ4n) is 1.24. The number of aromatic nitrogens is 3. The van der Waals surface area contributed by atoms with Crippen LogP contribution >= 0.6 is 0 Å². The fraction of sp³-hybridized carbons (Fsp3) is 0.182. The molecule has 0 radical (unpaired) electrons. The van der Waals surface area contributed by atoms with Crippen LogP contribution in [0.1, 0.15) is 12.5 Å². The van der Waals surface area contributed by atoms with Gasteiger partial charge < -0.3 is 4.74 Å². The second-order valence-corrected chi connectivity index (χ2v) is 3.09. The van der Waals surface area contributed by atoms with Crippen molar-refractivity contribution >= 4 is 6.21 Å². The Balaban J connectivity index is 2.12. The van der Waals surface area contributed by atoms with Gasteiger partial charge >= 0.3 is 0 Å². The number of ether oxygens (including phenoxy) is 1. The Kier molecular flexibility index (Phi) is 3.28. The van der Waals surface area contributed by atoms with Gasteiger partial charge in [0.05, 0.1) is 12.8 Å². The summed E-state index contributed by atoms with van der Waals surface area (Å²) in [6, 6.07) is 7.73. The molecule has 0 saturated carbocycles. The van der Waals surface area contributed by atoms with Gasteiger partial charge in [0, 0.05) is 0 Å². The summed E-state index contributed by atoms with van der Waals surface area (Å²) in [6.45, 7) is 2.62. The number of benzene rings is 1. The van der Waals surface area contributed by atoms with E-state index in [-0.39, 0.29) is 0 Å². The molecule has 82 valence electrons. The lowest BCUT2D eigenvalue weighted by Crippen LogP contribution is -1.93. The van der Waals surface area contributed by atoms with Crippen LogP contribution in [-0.4, -0.2) is 27.7 Å². The second kappa shape index (κ2) is 5.06. The molecule has 1 heterocycles. The molecule has 0 aliphatic rings. The van der Waals surface area contributed by atoms with Crippen molar-refractivity contribution in [3.8, 4) is 5.75 Å². The summed E-state index contributed by atoms with van der Waals surface area (Å²) in [4.78, 5) is 0. The van der Waals surface area contributed by atoms with E-state index in [9.17, 15) is 0 Å². The standard InChI is InChI=1S/C11H12N4O/c1-2-16-11-5-3-4-10(6-11)7-14-15-8-12-13-9-15/h3-9H,2H2,1H3. The van der Waals surface area contributed by atoms with Crippen LogP contribution < -0.4 is 4.74 Å². The third kappa shape index (κ3) is 2.66. The van der Waals surface area contributed by atoms with Crippen LogP contribution in [0.25, 0.3) is 0 Å². The molecule has 5 heteroatoms. The maximum atomic E-state index is 5.39. The molecule has 0 saturated heterocycles. The first kappa shape index (κ1) is 10.4. The van der Waals surface area contributed by atoms with Gasteiger partial charge in [-0.3, -0.25) is 0 Å². The quantitative estimate of drug-likeness (QED) is 0.729. The Morgan fingerprint density at radius 2 is 2.19 bits per heavy atom. The minimum absolute atomic E-state index is 0.659. The van der Waals surface area contributed by atoms with E-state index in [0.717, 1.165) is 11.3 Å². The zero-order valence-electron chi connectivity index (χ0n) is 8.95. The predicted molar refractivity (Wildman–Crippen MR) is 60.6 cm³/mol. The highest BCUT2D eigenvalue weighted by atomic mass is 16.5. The van der Waals surface area contributed by atoms with Gasteiger partial charge in [-0.25, -0.2) is 4.68 Å². The lowest BCUT2D eigenvalue weighted by atomic mass is 10.2. The van der Waals surface area contributed by atoms with Crippen LogP contribution in [0, 0.1) is 0 Å². The van der Waals surface area contributed by atoms with Gasteiger partial charge in [0.1, 0.15) is 18.4 Å². The summed E-state index contributed by atoms with van der Waals surface area (Å²) >= 11 is 0. The Labute approximate surface area is 93.4 Å². The smallest absolute Gasteiger partial charge is 0.141 e. The van der Waals surface area contributed by atoms with Crippen LogP contribution in [0.4, 0.5) is 0 Å². The van der Waals surface area contributed by atoms with Gasteiger partial charge in [-0.05, 0) is 24.6 Å². The minimum Gasteiger partial charge on any atom is -0.494 e. The second-order valence-electron chi connectivity index (χ2n) is 3.09. The maximum Gasteiger partial charge on any atom is 0.141 e. The van der Waals surface area contributed by atoms with Crippen molar-refractivity contribution < 1.29 is 4.74 Å². The van der Waals surface area contributed by atoms with E-state index in [1.54, 1.807) is 6.21 Å². The molecule has 0 fully saturated rings. The number of rotatable bonds is 4. The minimum atomic E-state index is 0.659. The molecule has 1 aromatic heterocycles. The SMILES string of the molecule is CCOc1cccc(C=Nn2cnnc2)c1. The summed E-state index contributed by atoms with van der Waals surface area (Å²) in [7, 11) is 0. The van der Waals surface area contributed by atoms with E-state index in [2.05, 4.69) is 15.3 Å². The normalized spacial score (nSPS) is 10.8. The zero-order valence-corrected chi connectivity index (χ0v) is 8.95. The molecule has 0 aliphatic heterocycles. The van der Waals surface area contributed by atoms with Crippen LogP contribution in [0.2, 0.25) is 0 Å². The van der Waals surface area contributed by atoms with Gasteiger partial charge in [0.25, 0.3) is 0 Å². The van der Waals surface area contributed by atoms with Crippen molar-refractivity contribution in [2.24, 2.45) is 5.10 Å². The summed E-state index contributed by atoms with van der Waals surface area (Å²) in [5.41, 5.74) is 0.972. The maximum absolute atomic E-state index is 5.39. The summed E-state index contributed by atoms with van der Waals surface area (Å²) in [6.07, 6.45) is 4.79. The lowest BCUT2D eigenvalue weighted by Gasteiger charge is -2.02. The molecular formula is C11H12N4O. The molecular weight excluding hydrogens is 204 g/mol. The highest BCUT2D eigenvalue weighted by Gasteiger charge is 1.93. The third-order valence-electron chi connectivity index (χ3n) is 1.92. The van der Waals surface area contributed by atoms with Crippen LogP contribution in [0.5, 0.6) is 5.75 Å². The van der Waals surface area contributed by atoms with Crippen molar-refractivity contribution in [2.45, 2.75) is 6.92 Å². The van der Waals surface area contributed by atoms with Crippen molar-refractivity contribution in [3.63, 3.8) is 0 Å². The van der Waals surface area contributed by atoms with Crippen LogP contribution in [0.3, 0.4) is 0 Å². The highest BCUT2D eigenvalue weighted by Crippen LogP contribution is 2.11. The Hall–Kier alpha value is -2.17. The Morgan fingerprint density at radius 1 is 1.38 bits per heavy atom. The molecule has 2 aromatic rings. The van der Waals surface area contributed by atoms with Crippen LogP contribution in [-0.2, 0) is 0 Å². The van der Waals surface area contributed by atoms with E-state index < -0.39 is 0 Å². The Bertz CT molecular complexity index is 465. The first-order chi connectivity index (χ1) is 7.88. The molecule has 16 heavy (non-hydrogen) atoms. The van der Waals surface area contributed by atoms with E-state index >= 15 is 0 Å². The van der Waals surface area contributed by atoms with E-state index in [0.29, 0.717) is 6.61 Å². The molecule has 5 nitrogen and oxygen atoms in total. The number of nitrogens with zero attached hydrogens (tertiary/aromatic N) is 4. The van der Waals surface area contributed by atoms with E-state index in [4.69, 9.17) is 4.74 Å².